The summed E-state index contributed by atoms with van der Waals surface area (Å²) >= 11 is 0. The van der Waals surface area contributed by atoms with Gasteiger partial charge in [-0.1, -0.05) is 24.3 Å². The molecule has 1 aromatic carbocycles. The highest BCUT2D eigenvalue weighted by atomic mass is 16.5. The second-order valence-electron chi connectivity index (χ2n) is 6.15. The number of carbonyl (C=O) groups excluding carboxylic acids is 1. The summed E-state index contributed by atoms with van der Waals surface area (Å²) in [5.41, 5.74) is 0.657. The summed E-state index contributed by atoms with van der Waals surface area (Å²) in [6, 6.07) is 14.2. The Hall–Kier alpha value is -4.18. The summed E-state index contributed by atoms with van der Waals surface area (Å²) in [4.78, 5) is 29.7. The van der Waals surface area contributed by atoms with Crippen molar-refractivity contribution in [1.29, 1.82) is 5.26 Å². The van der Waals surface area contributed by atoms with Crippen LogP contribution in [-0.2, 0) is 4.79 Å². The Morgan fingerprint density at radius 1 is 1.34 bits per heavy atom. The van der Waals surface area contributed by atoms with Crippen molar-refractivity contribution in [3.05, 3.63) is 88.4 Å². The molecule has 29 heavy (non-hydrogen) atoms. The van der Waals surface area contributed by atoms with Crippen LogP contribution in [0.15, 0.2) is 71.7 Å². The topological polar surface area (TPSA) is 96.5 Å². The molecule has 0 radical (unpaired) electrons. The Morgan fingerprint density at radius 2 is 2.17 bits per heavy atom. The lowest BCUT2D eigenvalue weighted by Crippen LogP contribution is -2.25. The van der Waals surface area contributed by atoms with E-state index >= 15 is 0 Å². The van der Waals surface area contributed by atoms with E-state index < -0.39 is 11.5 Å². The first kappa shape index (κ1) is 19.6. The van der Waals surface area contributed by atoms with Crippen LogP contribution in [0.5, 0.6) is 11.6 Å². The molecule has 0 aliphatic heterocycles. The first-order valence-corrected chi connectivity index (χ1v) is 8.80. The minimum absolute atomic E-state index is 0.000471. The minimum atomic E-state index is -0.619. The van der Waals surface area contributed by atoms with Crippen molar-refractivity contribution in [3.63, 3.8) is 0 Å². The fourth-order valence-corrected chi connectivity index (χ4v) is 2.63. The molecule has 1 amide bonds. The zero-order valence-electron chi connectivity index (χ0n) is 15.8. The second-order valence-corrected chi connectivity index (χ2v) is 6.15. The minimum Gasteiger partial charge on any atom is -0.438 e. The summed E-state index contributed by atoms with van der Waals surface area (Å²) in [5, 5.41) is 11.9. The van der Waals surface area contributed by atoms with Crippen LogP contribution >= 0.6 is 0 Å². The van der Waals surface area contributed by atoms with Crippen molar-refractivity contribution >= 4 is 17.6 Å². The lowest BCUT2D eigenvalue weighted by atomic mass is 10.1. The molecule has 7 nitrogen and oxygen atoms in total. The summed E-state index contributed by atoms with van der Waals surface area (Å²) < 4.78 is 7.18. The van der Waals surface area contributed by atoms with E-state index in [1.165, 1.54) is 16.6 Å². The predicted molar refractivity (Wildman–Crippen MR) is 110 cm³/mol. The summed E-state index contributed by atoms with van der Waals surface area (Å²) in [5.74, 6) is -0.121. The normalized spacial score (nSPS) is 11.0. The van der Waals surface area contributed by atoms with Crippen LogP contribution in [0.1, 0.15) is 11.1 Å². The number of fused-ring (bicyclic) bond motifs is 1. The number of aryl methyl sites for hydroxylation is 1. The van der Waals surface area contributed by atoms with E-state index in [-0.39, 0.29) is 23.6 Å². The molecule has 0 saturated carbocycles. The molecule has 3 aromatic rings. The van der Waals surface area contributed by atoms with Crippen LogP contribution < -0.4 is 15.6 Å². The van der Waals surface area contributed by atoms with Gasteiger partial charge in [-0.05, 0) is 42.8 Å². The number of nitriles is 1. The van der Waals surface area contributed by atoms with E-state index in [0.29, 0.717) is 11.4 Å². The molecule has 0 fully saturated rings. The average Bonchev–Trinajstić information content (AvgIpc) is 2.72. The highest BCUT2D eigenvalue weighted by Gasteiger charge is 2.17. The van der Waals surface area contributed by atoms with Crippen LogP contribution in [-0.4, -0.2) is 21.8 Å². The Balaban J connectivity index is 2.17. The average molecular weight is 386 g/mol. The van der Waals surface area contributed by atoms with Crippen LogP contribution in [0.25, 0.3) is 11.7 Å². The molecule has 0 aliphatic carbocycles. The number of hydrogen-bond donors (Lipinski definition) is 1. The first-order chi connectivity index (χ1) is 14.0. The maximum Gasteiger partial charge on any atom is 0.269 e. The van der Waals surface area contributed by atoms with Gasteiger partial charge in [-0.15, -0.1) is 6.58 Å². The molecule has 144 valence electrons. The van der Waals surface area contributed by atoms with Crippen molar-refractivity contribution in [1.82, 2.24) is 14.7 Å². The molecule has 2 aromatic heterocycles. The molecule has 0 aliphatic rings. The lowest BCUT2D eigenvalue weighted by Gasteiger charge is -2.10. The van der Waals surface area contributed by atoms with Gasteiger partial charge in [0, 0.05) is 12.7 Å². The number of rotatable bonds is 6. The van der Waals surface area contributed by atoms with E-state index in [1.54, 1.807) is 36.5 Å². The van der Waals surface area contributed by atoms with Gasteiger partial charge in [-0.2, -0.15) is 10.2 Å². The predicted octanol–water partition coefficient (Wildman–Crippen LogP) is 3.00. The number of nitrogens with zero attached hydrogens (tertiary/aromatic N) is 3. The summed E-state index contributed by atoms with van der Waals surface area (Å²) in [7, 11) is 0. The number of ether oxygens (including phenoxy) is 1. The van der Waals surface area contributed by atoms with Gasteiger partial charge in [0.15, 0.2) is 0 Å². The van der Waals surface area contributed by atoms with Gasteiger partial charge >= 0.3 is 0 Å². The van der Waals surface area contributed by atoms with Gasteiger partial charge < -0.3 is 10.1 Å². The number of benzene rings is 1. The second kappa shape index (κ2) is 8.67. The van der Waals surface area contributed by atoms with Crippen molar-refractivity contribution in [2.45, 2.75) is 6.92 Å². The van der Waals surface area contributed by atoms with E-state index in [4.69, 9.17) is 4.74 Å². The molecule has 2 heterocycles. The molecule has 0 saturated heterocycles. The third-order valence-corrected chi connectivity index (χ3v) is 4.00. The number of amides is 1. The zero-order chi connectivity index (χ0) is 20.8. The molecular weight excluding hydrogens is 368 g/mol. The van der Waals surface area contributed by atoms with Crippen LogP contribution in [0.4, 0.5) is 0 Å². The largest absolute Gasteiger partial charge is 0.438 e. The van der Waals surface area contributed by atoms with Crippen LogP contribution in [0.3, 0.4) is 0 Å². The monoisotopic (exact) mass is 386 g/mol. The number of carbonyl (C=O) groups is 1. The van der Waals surface area contributed by atoms with Gasteiger partial charge in [0.1, 0.15) is 28.6 Å². The molecular formula is C22H18N4O3. The van der Waals surface area contributed by atoms with E-state index in [2.05, 4.69) is 16.9 Å². The van der Waals surface area contributed by atoms with E-state index in [9.17, 15) is 14.9 Å². The Labute approximate surface area is 167 Å². The highest BCUT2D eigenvalue weighted by Crippen LogP contribution is 2.24. The van der Waals surface area contributed by atoms with Gasteiger partial charge in [0.05, 0.1) is 0 Å². The zero-order valence-corrected chi connectivity index (χ0v) is 15.8. The number of hydrogen-bond acceptors (Lipinski definition) is 5. The van der Waals surface area contributed by atoms with Gasteiger partial charge in [0.25, 0.3) is 11.5 Å². The quantitative estimate of drug-likeness (QED) is 0.399. The van der Waals surface area contributed by atoms with Crippen LogP contribution in [0, 0.1) is 18.3 Å². The molecule has 0 atom stereocenters. The molecule has 3 rings (SSSR count). The summed E-state index contributed by atoms with van der Waals surface area (Å²) in [6.07, 6.45) is 4.24. The SMILES string of the molecule is C=CCNC(=O)/C(C#N)=C/c1c(Oc2cccc(C)c2)nc2ccccn2c1=O. The molecule has 0 bridgehead atoms. The number of aromatic nitrogens is 2. The Bertz CT molecular complexity index is 1220. The lowest BCUT2D eigenvalue weighted by molar-refractivity contribution is -0.116. The van der Waals surface area contributed by atoms with Crippen molar-refractivity contribution in [3.8, 4) is 17.7 Å². The fourth-order valence-electron chi connectivity index (χ4n) is 2.63. The molecule has 7 heteroatoms. The van der Waals surface area contributed by atoms with E-state index in [1.807, 2.05) is 25.1 Å². The van der Waals surface area contributed by atoms with Crippen molar-refractivity contribution < 1.29 is 9.53 Å². The fraction of sp³-hybridized carbons (Fsp3) is 0.0909. The van der Waals surface area contributed by atoms with Gasteiger partial charge in [0.2, 0.25) is 5.88 Å². The smallest absolute Gasteiger partial charge is 0.269 e. The first-order valence-electron chi connectivity index (χ1n) is 8.80. The van der Waals surface area contributed by atoms with Crippen molar-refractivity contribution in [2.75, 3.05) is 6.54 Å². The van der Waals surface area contributed by atoms with E-state index in [0.717, 1.165) is 5.56 Å². The highest BCUT2D eigenvalue weighted by molar-refractivity contribution is 6.02. The maximum absolute atomic E-state index is 13.0. The third kappa shape index (κ3) is 4.39. The standard InChI is InChI=1S/C22H18N4O3/c1-3-10-24-20(27)16(14-23)13-18-21(29-17-8-6-7-15(2)12-17)25-19-9-4-5-11-26(19)22(18)28/h3-9,11-13H,1,10H2,2H3,(H,24,27)/b16-13+. The number of nitrogens with one attached hydrogen (secondary N) is 1. The molecule has 1 N–H and O–H groups in total. The molecule has 0 unspecified atom stereocenters. The van der Waals surface area contributed by atoms with Crippen molar-refractivity contribution in [2.24, 2.45) is 0 Å². The van der Waals surface area contributed by atoms with Crippen LogP contribution in [0.2, 0.25) is 0 Å². The maximum atomic E-state index is 13.0. The van der Waals surface area contributed by atoms with Gasteiger partial charge in [-0.3, -0.25) is 14.0 Å². The summed E-state index contributed by atoms with van der Waals surface area (Å²) in [6.45, 7) is 5.62. The molecule has 0 spiro atoms. The third-order valence-electron chi connectivity index (χ3n) is 4.00. The van der Waals surface area contributed by atoms with Gasteiger partial charge in [-0.25, -0.2) is 0 Å². The number of pyridine rings is 1. The Morgan fingerprint density at radius 3 is 2.90 bits per heavy atom. The Kier molecular flexibility index (Phi) is 5.85.